The molecule has 0 aromatic carbocycles. The molecule has 164 valence electrons. The lowest BCUT2D eigenvalue weighted by atomic mass is 10.0. The van der Waals surface area contributed by atoms with E-state index < -0.39 is 0 Å². The number of rotatable bonds is 5. The quantitative estimate of drug-likeness (QED) is 0.776. The molecule has 1 aliphatic carbocycles. The lowest BCUT2D eigenvalue weighted by Crippen LogP contribution is -2.34. The Bertz CT molecular complexity index is 956. The highest BCUT2D eigenvalue weighted by molar-refractivity contribution is 5.67. The first-order valence-corrected chi connectivity index (χ1v) is 10.4. The zero-order chi connectivity index (χ0) is 22.1. The lowest BCUT2D eigenvalue weighted by Gasteiger charge is -2.22. The van der Waals surface area contributed by atoms with Crippen LogP contribution in [-0.4, -0.2) is 37.8 Å². The number of carbonyl (C=O) groups excluding carboxylic acids is 1. The molecule has 0 aliphatic heterocycles. The summed E-state index contributed by atoms with van der Waals surface area (Å²) in [5, 5.41) is 15.4. The maximum absolute atomic E-state index is 11.9. The molecule has 30 heavy (non-hydrogen) atoms. The number of alkyl carbamates (subject to hydrolysis) is 1. The number of nitrogens with one attached hydrogen (secondary N) is 2. The summed E-state index contributed by atoms with van der Waals surface area (Å²) in [6, 6.07) is 5.27. The highest BCUT2D eigenvalue weighted by Gasteiger charge is 2.31. The normalized spacial score (nSPS) is 19.2. The molecule has 0 radical (unpaired) electrons. The zero-order valence-corrected chi connectivity index (χ0v) is 18.6. The fourth-order valence-electron chi connectivity index (χ4n) is 3.70. The predicted molar refractivity (Wildman–Crippen MR) is 115 cm³/mol. The fraction of sp³-hybridized carbons (Fsp3) is 0.619. The van der Waals surface area contributed by atoms with Crippen molar-refractivity contribution in [2.45, 2.75) is 77.5 Å². The Balaban J connectivity index is 1.77. The fourth-order valence-corrected chi connectivity index (χ4v) is 3.70. The third kappa shape index (κ3) is 5.20. The molecule has 2 heterocycles. The van der Waals surface area contributed by atoms with Crippen LogP contribution in [0.4, 0.5) is 16.4 Å². The van der Waals surface area contributed by atoms with E-state index in [1.54, 1.807) is 13.1 Å². The van der Waals surface area contributed by atoms with Crippen molar-refractivity contribution in [1.29, 1.82) is 0 Å². The maximum Gasteiger partial charge on any atom is 0.407 e. The highest BCUT2D eigenvalue weighted by atomic mass is 16.6. The molecule has 9 nitrogen and oxygen atoms in total. The molecule has 0 bridgehead atoms. The van der Waals surface area contributed by atoms with E-state index in [1.807, 2.05) is 24.6 Å². The van der Waals surface area contributed by atoms with Gasteiger partial charge in [-0.25, -0.2) is 14.2 Å². The largest absolute Gasteiger partial charge is 0.447 e. The van der Waals surface area contributed by atoms with Gasteiger partial charge in [0.05, 0.1) is 17.3 Å². The second kappa shape index (κ2) is 8.49. The Kier molecular flexibility index (Phi) is 6.19. The van der Waals surface area contributed by atoms with E-state index in [0.717, 1.165) is 30.8 Å². The van der Waals surface area contributed by atoms with Gasteiger partial charge in [-0.2, -0.15) is 10.2 Å². The van der Waals surface area contributed by atoms with E-state index in [2.05, 4.69) is 36.5 Å². The summed E-state index contributed by atoms with van der Waals surface area (Å²) >= 11 is 0. The molecule has 1 saturated carbocycles. The van der Waals surface area contributed by atoms with E-state index in [9.17, 15) is 9.59 Å². The maximum atomic E-state index is 11.9. The van der Waals surface area contributed by atoms with Crippen molar-refractivity contribution in [3.63, 3.8) is 0 Å². The second-order valence-corrected chi connectivity index (χ2v) is 9.15. The van der Waals surface area contributed by atoms with Gasteiger partial charge in [0, 0.05) is 31.1 Å². The van der Waals surface area contributed by atoms with Gasteiger partial charge in [0.25, 0.3) is 5.56 Å². The van der Waals surface area contributed by atoms with Gasteiger partial charge in [-0.05, 0) is 59.9 Å². The molecule has 0 saturated heterocycles. The summed E-state index contributed by atoms with van der Waals surface area (Å²) in [5.41, 5.74) is 0.586. The molecule has 0 spiro atoms. The molecular weight excluding hydrogens is 384 g/mol. The second-order valence-electron chi connectivity index (χ2n) is 9.15. The van der Waals surface area contributed by atoms with Crippen LogP contribution in [0.15, 0.2) is 23.0 Å². The van der Waals surface area contributed by atoms with Gasteiger partial charge in [0.1, 0.15) is 5.82 Å². The van der Waals surface area contributed by atoms with E-state index in [0.29, 0.717) is 5.82 Å². The standard InChI is InChI=1S/C21H32N6O3/c1-13(2)30-20(29)22-15-8-7-14(11-15)16-12-18(27(24-16)21(3,4)5)23-17-9-10-19(28)26(6)25-17/h9-10,12-15H,7-8,11H2,1-6H3,(H,22,29)(H,23,25)/t14-,15+/m0/s1. The summed E-state index contributed by atoms with van der Waals surface area (Å²) in [5.74, 6) is 1.65. The molecule has 2 N–H and O–H groups in total. The summed E-state index contributed by atoms with van der Waals surface area (Å²) in [6.45, 7) is 9.94. The van der Waals surface area contributed by atoms with E-state index in [1.165, 1.54) is 10.7 Å². The van der Waals surface area contributed by atoms with Gasteiger partial charge in [-0.1, -0.05) is 0 Å². The van der Waals surface area contributed by atoms with Gasteiger partial charge in [-0.15, -0.1) is 0 Å². The minimum absolute atomic E-state index is 0.0859. The van der Waals surface area contributed by atoms with Crippen LogP contribution < -0.4 is 16.2 Å². The summed E-state index contributed by atoms with van der Waals surface area (Å²) in [4.78, 5) is 23.5. The van der Waals surface area contributed by atoms with Crippen LogP contribution in [0, 0.1) is 0 Å². The smallest absolute Gasteiger partial charge is 0.407 e. The third-order valence-corrected chi connectivity index (χ3v) is 5.10. The zero-order valence-electron chi connectivity index (χ0n) is 18.6. The third-order valence-electron chi connectivity index (χ3n) is 5.10. The van der Waals surface area contributed by atoms with Crippen LogP contribution >= 0.6 is 0 Å². The number of anilines is 2. The average Bonchev–Trinajstić information content (AvgIpc) is 3.24. The van der Waals surface area contributed by atoms with Crippen LogP contribution in [-0.2, 0) is 17.3 Å². The van der Waals surface area contributed by atoms with Gasteiger partial charge >= 0.3 is 6.09 Å². The summed E-state index contributed by atoms with van der Waals surface area (Å²) in [7, 11) is 1.62. The molecule has 3 rings (SSSR count). The number of hydrogen-bond donors (Lipinski definition) is 2. The van der Waals surface area contributed by atoms with Crippen LogP contribution in [0.1, 0.15) is 65.5 Å². The van der Waals surface area contributed by atoms with Crippen molar-refractivity contribution in [2.24, 2.45) is 7.05 Å². The number of ether oxygens (including phenoxy) is 1. The lowest BCUT2D eigenvalue weighted by molar-refractivity contribution is 0.112. The summed E-state index contributed by atoms with van der Waals surface area (Å²) < 4.78 is 8.44. The van der Waals surface area contributed by atoms with E-state index >= 15 is 0 Å². The number of carbonyl (C=O) groups is 1. The average molecular weight is 417 g/mol. The first-order chi connectivity index (χ1) is 14.0. The van der Waals surface area contributed by atoms with Crippen molar-refractivity contribution in [3.8, 4) is 0 Å². The Labute approximate surface area is 176 Å². The first kappa shape index (κ1) is 21.9. The minimum atomic E-state index is -0.362. The minimum Gasteiger partial charge on any atom is -0.447 e. The Hall–Kier alpha value is -2.84. The molecule has 1 aliphatic rings. The molecule has 2 atom stereocenters. The monoisotopic (exact) mass is 416 g/mol. The van der Waals surface area contributed by atoms with Crippen LogP contribution in [0.2, 0.25) is 0 Å². The summed E-state index contributed by atoms with van der Waals surface area (Å²) in [6.07, 6.45) is 2.17. The molecule has 2 aromatic rings. The van der Waals surface area contributed by atoms with Gasteiger partial charge in [0.2, 0.25) is 0 Å². The number of amides is 1. The first-order valence-electron chi connectivity index (χ1n) is 10.4. The van der Waals surface area contributed by atoms with Crippen molar-refractivity contribution in [2.75, 3.05) is 5.32 Å². The molecule has 2 aromatic heterocycles. The Morgan fingerprint density at radius 2 is 1.97 bits per heavy atom. The molecule has 1 fully saturated rings. The van der Waals surface area contributed by atoms with Crippen LogP contribution in [0.3, 0.4) is 0 Å². The molecule has 9 heteroatoms. The van der Waals surface area contributed by atoms with Crippen molar-refractivity contribution < 1.29 is 9.53 Å². The van der Waals surface area contributed by atoms with Crippen LogP contribution in [0.25, 0.3) is 0 Å². The van der Waals surface area contributed by atoms with Gasteiger partial charge in [0.15, 0.2) is 5.82 Å². The van der Waals surface area contributed by atoms with Crippen LogP contribution in [0.5, 0.6) is 0 Å². The number of nitrogens with zero attached hydrogens (tertiary/aromatic N) is 4. The molecular formula is C21H32N6O3. The van der Waals surface area contributed by atoms with Crippen molar-refractivity contribution in [1.82, 2.24) is 24.9 Å². The Morgan fingerprint density at radius 1 is 1.23 bits per heavy atom. The number of aromatic nitrogens is 4. The van der Waals surface area contributed by atoms with Crippen molar-refractivity contribution in [3.05, 3.63) is 34.2 Å². The Morgan fingerprint density at radius 3 is 2.60 bits per heavy atom. The number of aryl methyl sites for hydroxylation is 1. The molecule has 0 unspecified atom stereocenters. The SMILES string of the molecule is CC(C)OC(=O)N[C@@H]1CC[C@H](c2cc(Nc3ccc(=O)n(C)n3)n(C(C)(C)C)n2)C1. The molecule has 1 amide bonds. The van der Waals surface area contributed by atoms with Gasteiger partial charge in [-0.3, -0.25) is 4.79 Å². The van der Waals surface area contributed by atoms with E-state index in [-0.39, 0.29) is 35.3 Å². The topological polar surface area (TPSA) is 103 Å². The number of hydrogen-bond acceptors (Lipinski definition) is 6. The van der Waals surface area contributed by atoms with E-state index in [4.69, 9.17) is 9.84 Å². The predicted octanol–water partition coefficient (Wildman–Crippen LogP) is 3.25. The van der Waals surface area contributed by atoms with Crippen molar-refractivity contribution >= 4 is 17.7 Å². The highest BCUT2D eigenvalue weighted by Crippen LogP contribution is 2.36. The van der Waals surface area contributed by atoms with Gasteiger partial charge < -0.3 is 15.4 Å².